The van der Waals surface area contributed by atoms with E-state index in [1.165, 1.54) is 25.7 Å². The summed E-state index contributed by atoms with van der Waals surface area (Å²) >= 11 is 0. The van der Waals surface area contributed by atoms with Crippen LogP contribution in [0, 0.1) is 11.3 Å². The average molecular weight is 227 g/mol. The van der Waals surface area contributed by atoms with E-state index in [4.69, 9.17) is 4.74 Å². The Labute approximate surface area is 101 Å². The molecule has 1 aliphatic rings. The highest BCUT2D eigenvalue weighted by Gasteiger charge is 2.44. The van der Waals surface area contributed by atoms with Gasteiger partial charge in [0.2, 0.25) is 0 Å². The van der Waals surface area contributed by atoms with Crippen LogP contribution >= 0.6 is 0 Å². The van der Waals surface area contributed by atoms with Gasteiger partial charge in [-0.25, -0.2) is 0 Å². The second kappa shape index (κ2) is 5.05. The predicted molar refractivity (Wildman–Crippen MR) is 69.7 cm³/mol. The Bertz CT molecular complexity index is 213. The van der Waals surface area contributed by atoms with E-state index >= 15 is 0 Å². The number of ether oxygens (including phenoxy) is 1. The molecule has 0 bridgehead atoms. The number of nitrogens with one attached hydrogen (secondary N) is 1. The van der Waals surface area contributed by atoms with Gasteiger partial charge in [-0.3, -0.25) is 0 Å². The van der Waals surface area contributed by atoms with Crippen LogP contribution in [0.3, 0.4) is 0 Å². The summed E-state index contributed by atoms with van der Waals surface area (Å²) in [4.78, 5) is 0. The minimum absolute atomic E-state index is 0.0540. The van der Waals surface area contributed by atoms with Crippen molar-refractivity contribution in [2.75, 3.05) is 14.2 Å². The van der Waals surface area contributed by atoms with Crippen LogP contribution in [0.2, 0.25) is 0 Å². The van der Waals surface area contributed by atoms with Gasteiger partial charge in [0.15, 0.2) is 0 Å². The quantitative estimate of drug-likeness (QED) is 0.796. The lowest BCUT2D eigenvalue weighted by Gasteiger charge is -2.48. The van der Waals surface area contributed by atoms with E-state index in [-0.39, 0.29) is 5.60 Å². The fourth-order valence-electron chi connectivity index (χ4n) is 3.20. The Morgan fingerprint density at radius 2 is 1.56 bits per heavy atom. The van der Waals surface area contributed by atoms with Gasteiger partial charge in [-0.2, -0.15) is 0 Å². The SMILES string of the molecule is CNC(C(C)C)C1(OC)CCC(C)(C)CC1. The predicted octanol–water partition coefficient (Wildman–Crippen LogP) is 3.22. The fourth-order valence-corrected chi connectivity index (χ4v) is 3.20. The van der Waals surface area contributed by atoms with E-state index in [2.05, 4.69) is 40.1 Å². The van der Waals surface area contributed by atoms with Crippen molar-refractivity contribution in [2.45, 2.75) is 65.0 Å². The third-order valence-electron chi connectivity index (χ3n) is 4.40. The van der Waals surface area contributed by atoms with Crippen molar-refractivity contribution in [2.24, 2.45) is 11.3 Å². The van der Waals surface area contributed by atoms with E-state index in [9.17, 15) is 0 Å². The Kier molecular flexibility index (Phi) is 4.42. The molecule has 1 unspecified atom stereocenters. The van der Waals surface area contributed by atoms with Crippen LogP contribution in [-0.2, 0) is 4.74 Å². The molecule has 0 amide bonds. The van der Waals surface area contributed by atoms with Crippen molar-refractivity contribution < 1.29 is 4.74 Å². The molecular formula is C14H29NO. The molecule has 2 nitrogen and oxygen atoms in total. The summed E-state index contributed by atoms with van der Waals surface area (Å²) < 4.78 is 5.92. The first-order chi connectivity index (χ1) is 7.37. The zero-order valence-corrected chi connectivity index (χ0v) is 11.9. The van der Waals surface area contributed by atoms with Crippen molar-refractivity contribution in [3.05, 3.63) is 0 Å². The zero-order chi connectivity index (χ0) is 12.4. The van der Waals surface area contributed by atoms with Crippen molar-refractivity contribution in [1.29, 1.82) is 0 Å². The molecule has 0 aromatic heterocycles. The van der Waals surface area contributed by atoms with Gasteiger partial charge in [-0.15, -0.1) is 0 Å². The minimum Gasteiger partial charge on any atom is -0.377 e. The summed E-state index contributed by atoms with van der Waals surface area (Å²) in [5, 5.41) is 3.47. The topological polar surface area (TPSA) is 21.3 Å². The minimum atomic E-state index is 0.0540. The van der Waals surface area contributed by atoms with Crippen LogP contribution in [0.25, 0.3) is 0 Å². The van der Waals surface area contributed by atoms with E-state index < -0.39 is 0 Å². The normalized spacial score (nSPS) is 25.7. The Hall–Kier alpha value is -0.0800. The molecule has 1 rings (SSSR count). The van der Waals surface area contributed by atoms with Gasteiger partial charge >= 0.3 is 0 Å². The van der Waals surface area contributed by atoms with Gasteiger partial charge in [-0.1, -0.05) is 27.7 Å². The standard InChI is InChI=1S/C14H29NO/c1-11(2)12(15-5)14(16-6)9-7-13(3,4)8-10-14/h11-12,15H,7-10H2,1-6H3. The molecular weight excluding hydrogens is 198 g/mol. The molecule has 0 radical (unpaired) electrons. The molecule has 0 heterocycles. The molecule has 2 heteroatoms. The summed E-state index contributed by atoms with van der Waals surface area (Å²) in [6, 6.07) is 0.466. The maximum atomic E-state index is 5.92. The molecule has 1 N–H and O–H groups in total. The molecule has 0 spiro atoms. The Morgan fingerprint density at radius 1 is 1.06 bits per heavy atom. The first-order valence-electron chi connectivity index (χ1n) is 6.59. The van der Waals surface area contributed by atoms with Gasteiger partial charge in [0.1, 0.15) is 0 Å². The lowest BCUT2D eigenvalue weighted by Crippen LogP contribution is -2.56. The summed E-state index contributed by atoms with van der Waals surface area (Å²) in [6.07, 6.45) is 4.90. The number of likely N-dealkylation sites (N-methyl/N-ethyl adjacent to an activating group) is 1. The summed E-state index contributed by atoms with van der Waals surface area (Å²) in [6.45, 7) is 9.30. The molecule has 0 saturated heterocycles. The molecule has 0 aromatic carbocycles. The van der Waals surface area contributed by atoms with Crippen molar-refractivity contribution >= 4 is 0 Å². The largest absolute Gasteiger partial charge is 0.377 e. The number of hydrogen-bond donors (Lipinski definition) is 1. The summed E-state index contributed by atoms with van der Waals surface area (Å²) in [7, 11) is 3.94. The zero-order valence-electron chi connectivity index (χ0n) is 11.9. The molecule has 1 atom stereocenters. The van der Waals surface area contributed by atoms with Gasteiger partial charge in [0.25, 0.3) is 0 Å². The van der Waals surface area contributed by atoms with Gasteiger partial charge in [0.05, 0.1) is 5.60 Å². The highest BCUT2D eigenvalue weighted by molar-refractivity contribution is 4.99. The first kappa shape index (κ1) is 14.0. The van der Waals surface area contributed by atoms with Crippen molar-refractivity contribution in [3.8, 4) is 0 Å². The highest BCUT2D eigenvalue weighted by atomic mass is 16.5. The maximum Gasteiger partial charge on any atom is 0.0833 e. The van der Waals surface area contributed by atoms with E-state index in [1.54, 1.807) is 0 Å². The third kappa shape index (κ3) is 2.78. The number of rotatable bonds is 4. The van der Waals surface area contributed by atoms with Gasteiger partial charge < -0.3 is 10.1 Å². The van der Waals surface area contributed by atoms with Crippen LogP contribution in [0.1, 0.15) is 53.4 Å². The Balaban J connectivity index is 2.79. The molecule has 0 aliphatic heterocycles. The monoisotopic (exact) mass is 227 g/mol. The van der Waals surface area contributed by atoms with Gasteiger partial charge in [-0.05, 0) is 44.1 Å². The lowest BCUT2D eigenvalue weighted by molar-refractivity contribution is -0.0942. The summed E-state index contributed by atoms with van der Waals surface area (Å²) in [5.41, 5.74) is 0.551. The number of hydrogen-bond acceptors (Lipinski definition) is 2. The second-order valence-electron chi connectivity index (χ2n) is 6.44. The van der Waals surface area contributed by atoms with E-state index in [1.807, 2.05) is 7.11 Å². The molecule has 1 fully saturated rings. The molecule has 16 heavy (non-hydrogen) atoms. The Morgan fingerprint density at radius 3 is 1.88 bits per heavy atom. The second-order valence-corrected chi connectivity index (χ2v) is 6.44. The van der Waals surface area contributed by atoms with Crippen LogP contribution in [-0.4, -0.2) is 25.8 Å². The van der Waals surface area contributed by atoms with Crippen molar-refractivity contribution in [3.63, 3.8) is 0 Å². The van der Waals surface area contributed by atoms with E-state index in [0.29, 0.717) is 17.4 Å². The van der Waals surface area contributed by atoms with Crippen LogP contribution in [0.15, 0.2) is 0 Å². The maximum absolute atomic E-state index is 5.92. The molecule has 1 aliphatic carbocycles. The van der Waals surface area contributed by atoms with E-state index in [0.717, 1.165) is 0 Å². The molecule has 96 valence electrons. The van der Waals surface area contributed by atoms with Crippen LogP contribution in [0.5, 0.6) is 0 Å². The van der Waals surface area contributed by atoms with Crippen LogP contribution in [0.4, 0.5) is 0 Å². The van der Waals surface area contributed by atoms with Gasteiger partial charge in [0, 0.05) is 13.2 Å². The highest BCUT2D eigenvalue weighted by Crippen LogP contribution is 2.44. The smallest absolute Gasteiger partial charge is 0.0833 e. The summed E-state index contributed by atoms with van der Waals surface area (Å²) in [5.74, 6) is 0.617. The molecule has 1 saturated carbocycles. The molecule has 0 aromatic rings. The average Bonchev–Trinajstić information content (AvgIpc) is 2.21. The first-order valence-corrected chi connectivity index (χ1v) is 6.59. The van der Waals surface area contributed by atoms with Crippen LogP contribution < -0.4 is 5.32 Å². The van der Waals surface area contributed by atoms with Crippen molar-refractivity contribution in [1.82, 2.24) is 5.32 Å². The lowest BCUT2D eigenvalue weighted by atomic mass is 9.67. The third-order valence-corrected chi connectivity index (χ3v) is 4.40. The number of methoxy groups -OCH3 is 1. The fraction of sp³-hybridized carbons (Fsp3) is 1.00.